The molecule has 0 radical (unpaired) electrons. The van der Waals surface area contributed by atoms with E-state index in [0.29, 0.717) is 32.5 Å². The standard InChI is InChI=1S/C16H23N3O3/c1-18-9-10-19(11-13(18)16(17)21)15(20)8-7-12-5-3-4-6-14(12)22-2/h3-6,13H,7-11H2,1-2H3,(H2,17,21)/t13-/m0/s1. The van der Waals surface area contributed by atoms with E-state index in [9.17, 15) is 9.59 Å². The summed E-state index contributed by atoms with van der Waals surface area (Å²) in [7, 11) is 3.48. The van der Waals surface area contributed by atoms with Gasteiger partial charge in [0.2, 0.25) is 11.8 Å². The summed E-state index contributed by atoms with van der Waals surface area (Å²) >= 11 is 0. The molecule has 0 spiro atoms. The minimum Gasteiger partial charge on any atom is -0.496 e. The highest BCUT2D eigenvalue weighted by Crippen LogP contribution is 2.19. The number of amides is 2. The van der Waals surface area contributed by atoms with Crippen LogP contribution in [0.5, 0.6) is 5.75 Å². The molecule has 6 heteroatoms. The maximum absolute atomic E-state index is 12.4. The van der Waals surface area contributed by atoms with Crippen LogP contribution in [0.15, 0.2) is 24.3 Å². The number of primary amides is 1. The van der Waals surface area contributed by atoms with Crippen LogP contribution in [0.3, 0.4) is 0 Å². The third-order valence-electron chi connectivity index (χ3n) is 4.13. The normalized spacial score (nSPS) is 19.0. The smallest absolute Gasteiger partial charge is 0.236 e. The Morgan fingerprint density at radius 1 is 1.32 bits per heavy atom. The number of hydrogen-bond donors (Lipinski definition) is 1. The Labute approximate surface area is 130 Å². The predicted octanol–water partition coefficient (Wildman–Crippen LogP) is 0.256. The van der Waals surface area contributed by atoms with E-state index in [-0.39, 0.29) is 11.8 Å². The minimum atomic E-state index is -0.399. The second-order valence-corrected chi connectivity index (χ2v) is 5.55. The van der Waals surface area contributed by atoms with Crippen molar-refractivity contribution < 1.29 is 14.3 Å². The molecule has 1 aliphatic heterocycles. The summed E-state index contributed by atoms with van der Waals surface area (Å²) in [5, 5.41) is 0. The number of nitrogens with zero attached hydrogens (tertiary/aromatic N) is 2. The third kappa shape index (κ3) is 3.76. The molecule has 2 N–H and O–H groups in total. The summed E-state index contributed by atoms with van der Waals surface area (Å²) < 4.78 is 5.29. The first kappa shape index (κ1) is 16.3. The fourth-order valence-electron chi connectivity index (χ4n) is 2.72. The fraction of sp³-hybridized carbons (Fsp3) is 0.500. The van der Waals surface area contributed by atoms with Crippen LogP contribution in [0, 0.1) is 0 Å². The van der Waals surface area contributed by atoms with Crippen LogP contribution >= 0.6 is 0 Å². The number of methoxy groups -OCH3 is 1. The number of carbonyl (C=O) groups excluding carboxylic acids is 2. The summed E-state index contributed by atoms with van der Waals surface area (Å²) in [6.07, 6.45) is 1.02. The third-order valence-corrected chi connectivity index (χ3v) is 4.13. The molecule has 1 atom stereocenters. The van der Waals surface area contributed by atoms with Crippen LogP contribution < -0.4 is 10.5 Å². The molecule has 1 aromatic rings. The molecule has 0 saturated carbocycles. The lowest BCUT2D eigenvalue weighted by molar-refractivity contribution is -0.136. The average Bonchev–Trinajstić information content (AvgIpc) is 2.53. The molecule has 0 unspecified atom stereocenters. The van der Waals surface area contributed by atoms with Crippen molar-refractivity contribution in [3.63, 3.8) is 0 Å². The van der Waals surface area contributed by atoms with Crippen molar-refractivity contribution in [1.29, 1.82) is 0 Å². The number of rotatable bonds is 5. The lowest BCUT2D eigenvalue weighted by atomic mass is 10.1. The second kappa shape index (κ2) is 7.26. The molecular formula is C16H23N3O3. The van der Waals surface area contributed by atoms with E-state index in [1.165, 1.54) is 0 Å². The quantitative estimate of drug-likeness (QED) is 0.846. The second-order valence-electron chi connectivity index (χ2n) is 5.55. The molecule has 2 amide bonds. The molecule has 1 aromatic carbocycles. The molecule has 1 saturated heterocycles. The van der Waals surface area contributed by atoms with Gasteiger partial charge in [0.05, 0.1) is 7.11 Å². The van der Waals surface area contributed by atoms with Gasteiger partial charge < -0.3 is 15.4 Å². The molecule has 6 nitrogen and oxygen atoms in total. The number of benzene rings is 1. The Morgan fingerprint density at radius 3 is 2.73 bits per heavy atom. The number of aryl methyl sites for hydroxylation is 1. The van der Waals surface area contributed by atoms with E-state index >= 15 is 0 Å². The first-order chi connectivity index (χ1) is 10.5. The Balaban J connectivity index is 1.93. The van der Waals surface area contributed by atoms with Crippen molar-refractivity contribution in [1.82, 2.24) is 9.80 Å². The van der Waals surface area contributed by atoms with Crippen molar-refractivity contribution in [3.05, 3.63) is 29.8 Å². The maximum Gasteiger partial charge on any atom is 0.236 e. The number of likely N-dealkylation sites (N-methyl/N-ethyl adjacent to an activating group) is 1. The fourth-order valence-corrected chi connectivity index (χ4v) is 2.72. The van der Waals surface area contributed by atoms with Crippen LogP contribution in [0.1, 0.15) is 12.0 Å². The van der Waals surface area contributed by atoms with Crippen LogP contribution in [-0.4, -0.2) is 61.4 Å². The van der Waals surface area contributed by atoms with Crippen molar-refractivity contribution in [2.45, 2.75) is 18.9 Å². The highest BCUT2D eigenvalue weighted by atomic mass is 16.5. The average molecular weight is 305 g/mol. The number of para-hydroxylation sites is 1. The first-order valence-corrected chi connectivity index (χ1v) is 7.42. The highest BCUT2D eigenvalue weighted by molar-refractivity contribution is 5.82. The van der Waals surface area contributed by atoms with Crippen LogP contribution in [0.2, 0.25) is 0 Å². The number of piperazine rings is 1. The van der Waals surface area contributed by atoms with Gasteiger partial charge in [0.15, 0.2) is 0 Å². The number of carbonyl (C=O) groups is 2. The lowest BCUT2D eigenvalue weighted by Crippen LogP contribution is -2.57. The molecule has 22 heavy (non-hydrogen) atoms. The molecule has 1 aliphatic rings. The van der Waals surface area contributed by atoms with Gasteiger partial charge >= 0.3 is 0 Å². The Kier molecular flexibility index (Phi) is 5.38. The van der Waals surface area contributed by atoms with Gasteiger partial charge in [-0.1, -0.05) is 18.2 Å². The summed E-state index contributed by atoms with van der Waals surface area (Å²) in [6.45, 7) is 1.66. The zero-order chi connectivity index (χ0) is 16.1. The zero-order valence-electron chi connectivity index (χ0n) is 13.1. The van der Waals surface area contributed by atoms with Gasteiger partial charge in [-0.05, 0) is 25.1 Å². The Morgan fingerprint density at radius 2 is 2.05 bits per heavy atom. The van der Waals surface area contributed by atoms with Crippen LogP contribution in [-0.2, 0) is 16.0 Å². The summed E-state index contributed by atoms with van der Waals surface area (Å²) in [5.41, 5.74) is 6.40. The van der Waals surface area contributed by atoms with Gasteiger partial charge in [-0.3, -0.25) is 14.5 Å². The van der Waals surface area contributed by atoms with Crippen molar-refractivity contribution in [2.24, 2.45) is 5.73 Å². The predicted molar refractivity (Wildman–Crippen MR) is 83.5 cm³/mol. The molecular weight excluding hydrogens is 282 g/mol. The van der Waals surface area contributed by atoms with Gasteiger partial charge in [0.1, 0.15) is 11.8 Å². The molecule has 0 bridgehead atoms. The number of hydrogen-bond acceptors (Lipinski definition) is 4. The lowest BCUT2D eigenvalue weighted by Gasteiger charge is -2.37. The van der Waals surface area contributed by atoms with E-state index in [1.807, 2.05) is 36.2 Å². The van der Waals surface area contributed by atoms with Crippen molar-refractivity contribution in [3.8, 4) is 5.75 Å². The molecule has 120 valence electrons. The molecule has 1 fully saturated rings. The van der Waals surface area contributed by atoms with Gasteiger partial charge in [0.25, 0.3) is 0 Å². The van der Waals surface area contributed by atoms with E-state index < -0.39 is 6.04 Å². The largest absolute Gasteiger partial charge is 0.496 e. The summed E-state index contributed by atoms with van der Waals surface area (Å²) in [5.74, 6) is 0.457. The zero-order valence-corrected chi connectivity index (χ0v) is 13.1. The summed E-state index contributed by atoms with van der Waals surface area (Å²) in [6, 6.07) is 7.29. The Bertz CT molecular complexity index is 547. The SMILES string of the molecule is COc1ccccc1CCC(=O)N1CCN(C)[C@H](C(N)=O)C1. The van der Waals surface area contributed by atoms with Crippen molar-refractivity contribution in [2.75, 3.05) is 33.8 Å². The van der Waals surface area contributed by atoms with E-state index in [1.54, 1.807) is 12.0 Å². The van der Waals surface area contributed by atoms with Gasteiger partial charge in [-0.2, -0.15) is 0 Å². The van der Waals surface area contributed by atoms with Crippen molar-refractivity contribution >= 4 is 11.8 Å². The van der Waals surface area contributed by atoms with Gasteiger partial charge in [-0.25, -0.2) is 0 Å². The maximum atomic E-state index is 12.4. The number of nitrogens with two attached hydrogens (primary N) is 1. The molecule has 1 heterocycles. The van der Waals surface area contributed by atoms with Gasteiger partial charge in [-0.15, -0.1) is 0 Å². The van der Waals surface area contributed by atoms with E-state index in [4.69, 9.17) is 10.5 Å². The summed E-state index contributed by atoms with van der Waals surface area (Å²) in [4.78, 5) is 27.4. The van der Waals surface area contributed by atoms with Crippen LogP contribution in [0.25, 0.3) is 0 Å². The topological polar surface area (TPSA) is 75.9 Å². The van der Waals surface area contributed by atoms with E-state index in [2.05, 4.69) is 0 Å². The Hall–Kier alpha value is -2.08. The first-order valence-electron chi connectivity index (χ1n) is 7.42. The monoisotopic (exact) mass is 305 g/mol. The van der Waals surface area contributed by atoms with Gasteiger partial charge in [0, 0.05) is 26.1 Å². The molecule has 0 aliphatic carbocycles. The molecule has 0 aromatic heterocycles. The van der Waals surface area contributed by atoms with Crippen LogP contribution in [0.4, 0.5) is 0 Å². The van der Waals surface area contributed by atoms with E-state index in [0.717, 1.165) is 11.3 Å². The molecule has 2 rings (SSSR count). The highest BCUT2D eigenvalue weighted by Gasteiger charge is 2.30. The number of ether oxygens (including phenoxy) is 1. The minimum absolute atomic E-state index is 0.0465.